The first-order chi connectivity index (χ1) is 9.97. The average molecular weight is 306 g/mol. The van der Waals surface area contributed by atoms with Crippen molar-refractivity contribution in [2.45, 2.75) is 18.4 Å². The monoisotopic (exact) mass is 306 g/mol. The quantitative estimate of drug-likeness (QED) is 0.934. The van der Waals surface area contributed by atoms with Gasteiger partial charge in [-0.3, -0.25) is 4.98 Å². The van der Waals surface area contributed by atoms with Crippen LogP contribution in [0.5, 0.6) is 0 Å². The summed E-state index contributed by atoms with van der Waals surface area (Å²) in [4.78, 5) is 15.4. The molecule has 0 aliphatic heterocycles. The third-order valence-electron chi connectivity index (χ3n) is 2.67. The number of carbonyl (C=O) groups excluding carboxylic acids is 1. The van der Waals surface area contributed by atoms with E-state index in [1.807, 2.05) is 11.6 Å². The molecule has 0 radical (unpaired) electrons. The Morgan fingerprint density at radius 3 is 2.38 bits per heavy atom. The number of nitrogens with zero attached hydrogens (tertiary/aromatic N) is 1. The fraction of sp³-hybridized carbons (Fsp3) is 0.143. The van der Waals surface area contributed by atoms with E-state index in [2.05, 4.69) is 4.98 Å². The number of hydrogen-bond acceptors (Lipinski definition) is 5. The number of sulfonamides is 1. The van der Waals surface area contributed by atoms with E-state index in [1.165, 1.54) is 12.1 Å². The highest BCUT2D eigenvalue weighted by molar-refractivity contribution is 7.90. The van der Waals surface area contributed by atoms with Crippen LogP contribution in [0.3, 0.4) is 0 Å². The fourth-order valence-corrected chi connectivity index (χ4v) is 2.43. The Morgan fingerprint density at radius 1 is 1.14 bits per heavy atom. The summed E-state index contributed by atoms with van der Waals surface area (Å²) in [6.07, 6.45) is 2.09. The van der Waals surface area contributed by atoms with Crippen molar-refractivity contribution in [1.82, 2.24) is 9.71 Å². The molecule has 0 aliphatic carbocycles. The van der Waals surface area contributed by atoms with Crippen molar-refractivity contribution in [3.05, 3.63) is 59.9 Å². The Morgan fingerprint density at radius 2 is 1.76 bits per heavy atom. The Hall–Kier alpha value is -2.41. The van der Waals surface area contributed by atoms with Crippen LogP contribution in [0.1, 0.15) is 11.1 Å². The number of carbonyl (C=O) groups is 1. The Labute approximate surface area is 122 Å². The largest absolute Gasteiger partial charge is 0.444 e. The molecule has 7 heteroatoms. The van der Waals surface area contributed by atoms with Crippen LogP contribution in [-0.4, -0.2) is 19.5 Å². The molecule has 0 atom stereocenters. The van der Waals surface area contributed by atoms with Crippen LogP contribution in [0.2, 0.25) is 0 Å². The van der Waals surface area contributed by atoms with Gasteiger partial charge in [0.1, 0.15) is 6.61 Å². The third kappa shape index (κ3) is 4.28. The van der Waals surface area contributed by atoms with Gasteiger partial charge < -0.3 is 4.74 Å². The summed E-state index contributed by atoms with van der Waals surface area (Å²) in [6.45, 7) is 1.81. The molecule has 1 N–H and O–H groups in total. The maximum atomic E-state index is 11.9. The molecule has 0 bridgehead atoms. The molecule has 0 aliphatic rings. The number of pyridine rings is 1. The van der Waals surface area contributed by atoms with Crippen LogP contribution in [0.4, 0.5) is 4.79 Å². The van der Waals surface area contributed by atoms with Gasteiger partial charge in [0.2, 0.25) is 0 Å². The highest BCUT2D eigenvalue weighted by Gasteiger charge is 2.18. The highest BCUT2D eigenvalue weighted by atomic mass is 32.2. The zero-order valence-corrected chi connectivity index (χ0v) is 12.1. The molecule has 6 nitrogen and oxygen atoms in total. The molecule has 2 rings (SSSR count). The van der Waals surface area contributed by atoms with E-state index in [0.717, 1.165) is 5.56 Å². The molecular formula is C14H14N2O4S. The lowest BCUT2D eigenvalue weighted by Gasteiger charge is -2.08. The molecule has 0 saturated carbocycles. The van der Waals surface area contributed by atoms with E-state index in [9.17, 15) is 13.2 Å². The fourth-order valence-electron chi connectivity index (χ4n) is 1.54. The topological polar surface area (TPSA) is 85.4 Å². The zero-order valence-electron chi connectivity index (χ0n) is 11.3. The molecule has 1 heterocycles. The summed E-state index contributed by atoms with van der Waals surface area (Å²) in [6, 6.07) is 9.48. The van der Waals surface area contributed by atoms with Gasteiger partial charge in [0.15, 0.2) is 0 Å². The van der Waals surface area contributed by atoms with Crippen molar-refractivity contribution in [2.24, 2.45) is 0 Å². The second-order valence-corrected chi connectivity index (χ2v) is 6.03. The molecule has 1 amide bonds. The Bertz CT molecular complexity index is 712. The van der Waals surface area contributed by atoms with Gasteiger partial charge in [-0.15, -0.1) is 0 Å². The van der Waals surface area contributed by atoms with E-state index in [4.69, 9.17) is 4.74 Å². The van der Waals surface area contributed by atoms with Gasteiger partial charge in [-0.2, -0.15) is 0 Å². The molecule has 0 spiro atoms. The zero-order chi connectivity index (χ0) is 15.3. The average Bonchev–Trinajstić information content (AvgIpc) is 2.46. The van der Waals surface area contributed by atoms with Crippen LogP contribution in [-0.2, 0) is 21.4 Å². The second kappa shape index (κ2) is 6.36. The molecule has 110 valence electrons. The minimum Gasteiger partial charge on any atom is -0.444 e. The number of benzene rings is 1. The standard InChI is InChI=1S/C14H14N2O4S/c1-11-2-4-13(5-3-11)21(18,19)16-14(17)20-10-12-6-8-15-9-7-12/h2-9H,10H2,1H3,(H,16,17). The maximum absolute atomic E-state index is 11.9. The number of amides is 1. The van der Waals surface area contributed by atoms with Crippen LogP contribution in [0.25, 0.3) is 0 Å². The number of aromatic nitrogens is 1. The van der Waals surface area contributed by atoms with Crippen molar-refractivity contribution >= 4 is 16.1 Å². The Balaban J connectivity index is 1.97. The molecular weight excluding hydrogens is 292 g/mol. The molecule has 0 saturated heterocycles. The smallest absolute Gasteiger partial charge is 0.421 e. The summed E-state index contributed by atoms with van der Waals surface area (Å²) in [5.74, 6) is 0. The number of nitrogens with one attached hydrogen (secondary N) is 1. The third-order valence-corrected chi connectivity index (χ3v) is 4.00. The molecule has 0 unspecified atom stereocenters. The predicted octanol–water partition coefficient (Wildman–Crippen LogP) is 2.01. The number of rotatable bonds is 4. The van der Waals surface area contributed by atoms with Crippen LogP contribution in [0.15, 0.2) is 53.7 Å². The summed E-state index contributed by atoms with van der Waals surface area (Å²) in [5.41, 5.74) is 1.64. The van der Waals surface area contributed by atoms with Crippen molar-refractivity contribution in [3.63, 3.8) is 0 Å². The van der Waals surface area contributed by atoms with Crippen molar-refractivity contribution < 1.29 is 17.9 Å². The summed E-state index contributed by atoms with van der Waals surface area (Å²) in [7, 11) is -3.92. The number of ether oxygens (including phenoxy) is 1. The van der Waals surface area contributed by atoms with Gasteiger partial charge in [-0.05, 0) is 36.8 Å². The van der Waals surface area contributed by atoms with E-state index >= 15 is 0 Å². The van der Waals surface area contributed by atoms with Crippen molar-refractivity contribution in [1.29, 1.82) is 0 Å². The SMILES string of the molecule is Cc1ccc(S(=O)(=O)NC(=O)OCc2ccncc2)cc1. The van der Waals surface area contributed by atoms with E-state index < -0.39 is 16.1 Å². The first-order valence-electron chi connectivity index (χ1n) is 6.12. The lowest BCUT2D eigenvalue weighted by molar-refractivity contribution is 0.146. The Kier molecular flexibility index (Phi) is 4.54. The first-order valence-corrected chi connectivity index (χ1v) is 7.61. The summed E-state index contributed by atoms with van der Waals surface area (Å²) < 4.78 is 30.6. The molecule has 0 fully saturated rings. The number of aryl methyl sites for hydroxylation is 1. The molecule has 21 heavy (non-hydrogen) atoms. The normalized spacial score (nSPS) is 10.9. The predicted molar refractivity (Wildman–Crippen MR) is 75.9 cm³/mol. The van der Waals surface area contributed by atoms with E-state index in [-0.39, 0.29) is 11.5 Å². The first kappa shape index (κ1) is 15.0. The van der Waals surface area contributed by atoms with Gasteiger partial charge in [0.05, 0.1) is 4.90 Å². The number of hydrogen-bond donors (Lipinski definition) is 1. The lowest BCUT2D eigenvalue weighted by atomic mass is 10.2. The van der Waals surface area contributed by atoms with Gasteiger partial charge >= 0.3 is 6.09 Å². The highest BCUT2D eigenvalue weighted by Crippen LogP contribution is 2.10. The van der Waals surface area contributed by atoms with Crippen LogP contribution in [0, 0.1) is 6.92 Å². The van der Waals surface area contributed by atoms with E-state index in [0.29, 0.717) is 5.56 Å². The van der Waals surface area contributed by atoms with Crippen LogP contribution >= 0.6 is 0 Å². The lowest BCUT2D eigenvalue weighted by Crippen LogP contribution is -2.31. The minimum atomic E-state index is -3.92. The van der Waals surface area contributed by atoms with Gasteiger partial charge in [-0.25, -0.2) is 17.9 Å². The maximum Gasteiger partial charge on any atom is 0.421 e. The molecule has 1 aromatic heterocycles. The summed E-state index contributed by atoms with van der Waals surface area (Å²) >= 11 is 0. The molecule has 1 aromatic carbocycles. The van der Waals surface area contributed by atoms with Gasteiger partial charge in [0, 0.05) is 12.4 Å². The van der Waals surface area contributed by atoms with Crippen LogP contribution < -0.4 is 4.72 Å². The summed E-state index contributed by atoms with van der Waals surface area (Å²) in [5, 5.41) is 0. The second-order valence-electron chi connectivity index (χ2n) is 4.35. The molecule has 2 aromatic rings. The van der Waals surface area contributed by atoms with Crippen molar-refractivity contribution in [2.75, 3.05) is 0 Å². The minimum absolute atomic E-state index is 0.00830. The van der Waals surface area contributed by atoms with Gasteiger partial charge in [-0.1, -0.05) is 17.7 Å². The van der Waals surface area contributed by atoms with E-state index in [1.54, 1.807) is 36.7 Å². The van der Waals surface area contributed by atoms with Gasteiger partial charge in [0.25, 0.3) is 10.0 Å². The van der Waals surface area contributed by atoms with Crippen molar-refractivity contribution in [3.8, 4) is 0 Å².